The van der Waals surface area contributed by atoms with Crippen molar-refractivity contribution in [3.8, 4) is 0 Å². The van der Waals surface area contributed by atoms with E-state index in [1.165, 1.54) is 18.6 Å². The van der Waals surface area contributed by atoms with Crippen LogP contribution >= 0.6 is 12.4 Å². The number of nitrogens with zero attached hydrogens (tertiary/aromatic N) is 1. The molecule has 1 aliphatic heterocycles. The molecule has 1 saturated heterocycles. The van der Waals surface area contributed by atoms with Gasteiger partial charge in [0.25, 0.3) is 0 Å². The topological polar surface area (TPSA) is 15.3 Å². The van der Waals surface area contributed by atoms with Crippen LogP contribution in [0, 0.1) is 5.92 Å². The van der Waals surface area contributed by atoms with Crippen LogP contribution in [0.1, 0.15) is 36.9 Å². The van der Waals surface area contributed by atoms with Gasteiger partial charge in [-0.15, -0.1) is 12.4 Å². The van der Waals surface area contributed by atoms with Crippen LogP contribution in [0.4, 0.5) is 13.2 Å². The van der Waals surface area contributed by atoms with E-state index in [1.54, 1.807) is 12.1 Å². The summed E-state index contributed by atoms with van der Waals surface area (Å²) in [6, 6.07) is 5.73. The molecule has 126 valence electrons. The van der Waals surface area contributed by atoms with Gasteiger partial charge < -0.3 is 5.32 Å². The van der Waals surface area contributed by atoms with Crippen LogP contribution in [-0.4, -0.2) is 31.6 Å². The van der Waals surface area contributed by atoms with Crippen molar-refractivity contribution >= 4 is 12.4 Å². The Labute approximate surface area is 136 Å². The van der Waals surface area contributed by atoms with Gasteiger partial charge in [-0.05, 0) is 63.5 Å². The van der Waals surface area contributed by atoms with Gasteiger partial charge in [0.2, 0.25) is 0 Å². The zero-order chi connectivity index (χ0) is 15.5. The standard InChI is InChI=1S/C16H23F3N2.ClH/c1-12(21-9-3-4-13(11-21)10-20-2)14-5-7-15(8-6-14)16(17,18)19;/h5-8,12-13,20H,3-4,9-11H2,1-2H3;1H. The summed E-state index contributed by atoms with van der Waals surface area (Å²) in [4.78, 5) is 2.37. The van der Waals surface area contributed by atoms with Crippen LogP contribution in [-0.2, 0) is 6.18 Å². The van der Waals surface area contributed by atoms with Crippen molar-refractivity contribution < 1.29 is 13.2 Å². The molecule has 2 rings (SSSR count). The predicted octanol–water partition coefficient (Wildman–Crippen LogP) is 4.12. The molecule has 0 amide bonds. The van der Waals surface area contributed by atoms with E-state index in [4.69, 9.17) is 0 Å². The van der Waals surface area contributed by atoms with E-state index in [-0.39, 0.29) is 18.4 Å². The molecule has 0 spiro atoms. The number of rotatable bonds is 4. The Morgan fingerprint density at radius 3 is 2.45 bits per heavy atom. The van der Waals surface area contributed by atoms with Gasteiger partial charge >= 0.3 is 6.18 Å². The van der Waals surface area contributed by atoms with E-state index < -0.39 is 11.7 Å². The number of likely N-dealkylation sites (tertiary alicyclic amines) is 1. The molecule has 22 heavy (non-hydrogen) atoms. The van der Waals surface area contributed by atoms with Crippen molar-refractivity contribution in [2.24, 2.45) is 5.92 Å². The summed E-state index contributed by atoms with van der Waals surface area (Å²) in [5, 5.41) is 3.21. The zero-order valence-corrected chi connectivity index (χ0v) is 13.8. The molecule has 0 saturated carbocycles. The average molecular weight is 337 g/mol. The Morgan fingerprint density at radius 2 is 1.91 bits per heavy atom. The van der Waals surface area contributed by atoms with Crippen molar-refractivity contribution in [1.29, 1.82) is 0 Å². The molecular formula is C16H24ClF3N2. The lowest BCUT2D eigenvalue weighted by Crippen LogP contribution is -2.40. The molecule has 1 heterocycles. The molecule has 0 bridgehead atoms. The van der Waals surface area contributed by atoms with Crippen molar-refractivity contribution in [2.45, 2.75) is 32.0 Å². The molecule has 6 heteroatoms. The van der Waals surface area contributed by atoms with E-state index in [2.05, 4.69) is 17.1 Å². The molecule has 1 N–H and O–H groups in total. The second-order valence-corrected chi connectivity index (χ2v) is 5.86. The fourth-order valence-corrected chi connectivity index (χ4v) is 3.07. The highest BCUT2D eigenvalue weighted by atomic mass is 35.5. The van der Waals surface area contributed by atoms with Crippen molar-refractivity contribution in [3.63, 3.8) is 0 Å². The lowest BCUT2D eigenvalue weighted by Gasteiger charge is -2.37. The molecule has 0 aromatic heterocycles. The smallest absolute Gasteiger partial charge is 0.319 e. The minimum absolute atomic E-state index is 0. The average Bonchev–Trinajstić information content (AvgIpc) is 2.46. The molecule has 1 aliphatic rings. The molecule has 0 radical (unpaired) electrons. The lowest BCUT2D eigenvalue weighted by atomic mass is 9.95. The molecule has 2 unspecified atom stereocenters. The first-order valence-electron chi connectivity index (χ1n) is 7.47. The number of piperidine rings is 1. The number of hydrogen-bond acceptors (Lipinski definition) is 2. The van der Waals surface area contributed by atoms with Gasteiger partial charge in [0, 0.05) is 12.6 Å². The van der Waals surface area contributed by atoms with Gasteiger partial charge in [-0.1, -0.05) is 12.1 Å². The summed E-state index contributed by atoms with van der Waals surface area (Å²) in [6.45, 7) is 5.09. The summed E-state index contributed by atoms with van der Waals surface area (Å²) in [6.07, 6.45) is -1.89. The first-order valence-corrected chi connectivity index (χ1v) is 7.47. The number of nitrogens with one attached hydrogen (secondary N) is 1. The van der Waals surface area contributed by atoms with Crippen LogP contribution in [0.25, 0.3) is 0 Å². The van der Waals surface area contributed by atoms with Crippen molar-refractivity contribution in [1.82, 2.24) is 10.2 Å². The largest absolute Gasteiger partial charge is 0.416 e. The fraction of sp³-hybridized carbons (Fsp3) is 0.625. The lowest BCUT2D eigenvalue weighted by molar-refractivity contribution is -0.137. The molecule has 1 aromatic carbocycles. The van der Waals surface area contributed by atoms with Crippen LogP contribution in [0.15, 0.2) is 24.3 Å². The van der Waals surface area contributed by atoms with Crippen molar-refractivity contribution in [2.75, 3.05) is 26.7 Å². The molecule has 1 fully saturated rings. The number of alkyl halides is 3. The van der Waals surface area contributed by atoms with Crippen LogP contribution in [0.3, 0.4) is 0 Å². The van der Waals surface area contributed by atoms with Gasteiger partial charge in [0.1, 0.15) is 0 Å². The first-order chi connectivity index (χ1) is 9.91. The third-order valence-corrected chi connectivity index (χ3v) is 4.31. The first kappa shape index (κ1) is 19.3. The normalized spacial score (nSPS) is 21.2. The Morgan fingerprint density at radius 1 is 1.27 bits per heavy atom. The summed E-state index contributed by atoms with van der Waals surface area (Å²) in [5.74, 6) is 0.626. The van der Waals surface area contributed by atoms with Crippen LogP contribution in [0.5, 0.6) is 0 Å². The molecule has 2 nitrogen and oxygen atoms in total. The fourth-order valence-electron chi connectivity index (χ4n) is 3.07. The maximum atomic E-state index is 12.6. The summed E-state index contributed by atoms with van der Waals surface area (Å²) < 4.78 is 37.8. The van der Waals surface area contributed by atoms with E-state index in [9.17, 15) is 13.2 Å². The van der Waals surface area contributed by atoms with Gasteiger partial charge in [0.05, 0.1) is 5.56 Å². The summed E-state index contributed by atoms with van der Waals surface area (Å²) in [5.41, 5.74) is 0.373. The third-order valence-electron chi connectivity index (χ3n) is 4.31. The highest BCUT2D eigenvalue weighted by molar-refractivity contribution is 5.85. The van der Waals surface area contributed by atoms with E-state index in [1.807, 2.05) is 7.05 Å². The SMILES string of the molecule is CNCC1CCCN(C(C)c2ccc(C(F)(F)F)cc2)C1.Cl. The quantitative estimate of drug-likeness (QED) is 0.889. The minimum Gasteiger partial charge on any atom is -0.319 e. The third kappa shape index (κ3) is 4.86. The van der Waals surface area contributed by atoms with Gasteiger partial charge in [-0.3, -0.25) is 4.90 Å². The monoisotopic (exact) mass is 336 g/mol. The summed E-state index contributed by atoms with van der Waals surface area (Å²) in [7, 11) is 1.96. The Bertz CT molecular complexity index is 446. The summed E-state index contributed by atoms with van der Waals surface area (Å²) >= 11 is 0. The van der Waals surface area contributed by atoms with E-state index in [0.29, 0.717) is 5.92 Å². The second-order valence-electron chi connectivity index (χ2n) is 5.86. The number of hydrogen-bond donors (Lipinski definition) is 1. The molecule has 0 aliphatic carbocycles. The Hall–Kier alpha value is -0.780. The second kappa shape index (κ2) is 8.18. The Balaban J connectivity index is 0.00000242. The maximum absolute atomic E-state index is 12.6. The molecule has 1 aromatic rings. The van der Waals surface area contributed by atoms with Crippen molar-refractivity contribution in [3.05, 3.63) is 35.4 Å². The number of halogens is 4. The van der Waals surface area contributed by atoms with Crippen LogP contribution < -0.4 is 5.32 Å². The highest BCUT2D eigenvalue weighted by Gasteiger charge is 2.30. The van der Waals surface area contributed by atoms with Gasteiger partial charge in [0.15, 0.2) is 0 Å². The molecule has 2 atom stereocenters. The Kier molecular flexibility index (Phi) is 7.16. The van der Waals surface area contributed by atoms with Gasteiger partial charge in [-0.2, -0.15) is 13.2 Å². The zero-order valence-electron chi connectivity index (χ0n) is 13.0. The minimum atomic E-state index is -4.26. The molecular weight excluding hydrogens is 313 g/mol. The van der Waals surface area contributed by atoms with Gasteiger partial charge in [-0.25, -0.2) is 0 Å². The maximum Gasteiger partial charge on any atom is 0.416 e. The predicted molar refractivity (Wildman–Crippen MR) is 85.3 cm³/mol. The number of benzene rings is 1. The van der Waals surface area contributed by atoms with Crippen LogP contribution in [0.2, 0.25) is 0 Å². The van der Waals surface area contributed by atoms with E-state index >= 15 is 0 Å². The highest BCUT2D eigenvalue weighted by Crippen LogP contribution is 2.31. The van der Waals surface area contributed by atoms with E-state index in [0.717, 1.165) is 31.6 Å².